The number of carboxylic acid groups (broad SMARTS) is 1. The Labute approximate surface area is 126 Å². The highest BCUT2D eigenvalue weighted by Gasteiger charge is 2.52. The number of imide groups is 1. The number of carboxylic acids is 1. The fourth-order valence-electron chi connectivity index (χ4n) is 3.43. The molecule has 2 amide bonds. The number of carbonyl (C=O) groups is 3. The number of amides is 2. The minimum Gasteiger partial charge on any atom is -0.478 e. The first-order valence-corrected chi connectivity index (χ1v) is 8.11. The maximum Gasteiger partial charge on any atom is 0.338 e. The van der Waals surface area contributed by atoms with E-state index in [0.717, 1.165) is 54.8 Å². The van der Waals surface area contributed by atoms with Gasteiger partial charge in [-0.2, -0.15) is 0 Å². The van der Waals surface area contributed by atoms with E-state index in [1.54, 1.807) is 5.38 Å². The van der Waals surface area contributed by atoms with E-state index < -0.39 is 11.4 Å². The Morgan fingerprint density at radius 2 is 1.86 bits per heavy atom. The monoisotopic (exact) mass is 307 g/mol. The molecule has 2 heterocycles. The lowest BCUT2D eigenvalue weighted by Crippen LogP contribution is -2.35. The SMILES string of the molecule is O=C(O)c1ccsc1N1C(=O)CC2(CCCCCC2)C1=O. The standard InChI is InChI=1S/C15H17NO4S/c17-11-9-15(6-3-1-2-4-7-15)14(20)16(11)12-10(13(18)19)5-8-21-12/h5,8H,1-4,6-7,9H2,(H,18,19). The molecule has 0 atom stereocenters. The van der Waals surface area contributed by atoms with Gasteiger partial charge < -0.3 is 5.11 Å². The second-order valence-corrected chi connectivity index (χ2v) is 6.74. The normalized spacial score (nSPS) is 21.8. The van der Waals surface area contributed by atoms with Crippen LogP contribution in [0.3, 0.4) is 0 Å². The number of thiophene rings is 1. The van der Waals surface area contributed by atoms with Gasteiger partial charge in [-0.15, -0.1) is 11.3 Å². The third-order valence-corrected chi connectivity index (χ3v) is 5.43. The van der Waals surface area contributed by atoms with Gasteiger partial charge in [-0.05, 0) is 24.3 Å². The van der Waals surface area contributed by atoms with E-state index in [9.17, 15) is 19.5 Å². The number of rotatable bonds is 2. The molecule has 5 nitrogen and oxygen atoms in total. The van der Waals surface area contributed by atoms with Gasteiger partial charge in [0.2, 0.25) is 11.8 Å². The van der Waals surface area contributed by atoms with Crippen molar-refractivity contribution in [2.75, 3.05) is 4.90 Å². The van der Waals surface area contributed by atoms with Crippen molar-refractivity contribution in [1.82, 2.24) is 0 Å². The quantitative estimate of drug-likeness (QED) is 0.852. The summed E-state index contributed by atoms with van der Waals surface area (Å²) < 4.78 is 0. The van der Waals surface area contributed by atoms with Crippen LogP contribution in [0.5, 0.6) is 0 Å². The van der Waals surface area contributed by atoms with Crippen molar-refractivity contribution in [3.05, 3.63) is 17.0 Å². The van der Waals surface area contributed by atoms with Crippen molar-refractivity contribution in [2.24, 2.45) is 5.41 Å². The summed E-state index contributed by atoms with van der Waals surface area (Å²) in [6.45, 7) is 0. The molecule has 2 fully saturated rings. The van der Waals surface area contributed by atoms with Crippen molar-refractivity contribution >= 4 is 34.1 Å². The fraction of sp³-hybridized carbons (Fsp3) is 0.533. The Morgan fingerprint density at radius 3 is 2.48 bits per heavy atom. The lowest BCUT2D eigenvalue weighted by molar-refractivity contribution is -0.126. The fourth-order valence-corrected chi connectivity index (χ4v) is 4.34. The van der Waals surface area contributed by atoms with Crippen molar-refractivity contribution in [2.45, 2.75) is 44.9 Å². The number of hydrogen-bond donors (Lipinski definition) is 1. The van der Waals surface area contributed by atoms with Gasteiger partial charge >= 0.3 is 5.97 Å². The van der Waals surface area contributed by atoms with Crippen molar-refractivity contribution in [3.63, 3.8) is 0 Å². The maximum atomic E-state index is 12.8. The van der Waals surface area contributed by atoms with E-state index >= 15 is 0 Å². The van der Waals surface area contributed by atoms with Gasteiger partial charge in [-0.1, -0.05) is 25.7 Å². The first-order valence-electron chi connectivity index (χ1n) is 7.23. The van der Waals surface area contributed by atoms with Crippen LogP contribution < -0.4 is 4.90 Å². The lowest BCUT2D eigenvalue weighted by atomic mass is 9.79. The second-order valence-electron chi connectivity index (χ2n) is 5.85. The smallest absolute Gasteiger partial charge is 0.338 e. The van der Waals surface area contributed by atoms with Crippen LogP contribution in [-0.2, 0) is 9.59 Å². The summed E-state index contributed by atoms with van der Waals surface area (Å²) >= 11 is 1.14. The minimum atomic E-state index is -1.10. The third kappa shape index (κ3) is 2.27. The van der Waals surface area contributed by atoms with Crippen LogP contribution in [0.25, 0.3) is 0 Å². The van der Waals surface area contributed by atoms with E-state index in [1.165, 1.54) is 6.07 Å². The topological polar surface area (TPSA) is 74.7 Å². The molecule has 1 aliphatic heterocycles. The summed E-state index contributed by atoms with van der Waals surface area (Å²) in [5.41, 5.74) is -0.555. The van der Waals surface area contributed by atoms with Crippen molar-refractivity contribution in [3.8, 4) is 0 Å². The summed E-state index contributed by atoms with van der Waals surface area (Å²) in [6.07, 6.45) is 5.82. The van der Waals surface area contributed by atoms with Gasteiger partial charge in [0.25, 0.3) is 0 Å². The van der Waals surface area contributed by atoms with Crippen LogP contribution in [-0.4, -0.2) is 22.9 Å². The van der Waals surface area contributed by atoms with Gasteiger partial charge in [-0.25, -0.2) is 9.69 Å². The summed E-state index contributed by atoms with van der Waals surface area (Å²) in [5.74, 6) is -1.56. The molecule has 1 aliphatic carbocycles. The Hall–Kier alpha value is -1.69. The highest BCUT2D eigenvalue weighted by Crippen LogP contribution is 2.47. The molecule has 1 spiro atoms. The number of hydrogen-bond acceptors (Lipinski definition) is 4. The summed E-state index contributed by atoms with van der Waals surface area (Å²) in [6, 6.07) is 1.45. The zero-order valence-electron chi connectivity index (χ0n) is 11.6. The maximum absolute atomic E-state index is 12.8. The molecule has 0 bridgehead atoms. The first kappa shape index (κ1) is 14.3. The highest BCUT2D eigenvalue weighted by molar-refractivity contribution is 7.15. The summed E-state index contributed by atoms with van der Waals surface area (Å²) in [7, 11) is 0. The van der Waals surface area contributed by atoms with E-state index in [1.807, 2.05) is 0 Å². The molecule has 0 aromatic carbocycles. The predicted octanol–water partition coefficient (Wildman–Crippen LogP) is 3.05. The lowest BCUT2D eigenvalue weighted by Gasteiger charge is -2.24. The third-order valence-electron chi connectivity index (χ3n) is 4.53. The average Bonchev–Trinajstić information content (AvgIpc) is 2.89. The van der Waals surface area contributed by atoms with Crippen LogP contribution in [0.1, 0.15) is 55.3 Å². The number of anilines is 1. The summed E-state index contributed by atoms with van der Waals surface area (Å²) in [5, 5.41) is 11.1. The highest BCUT2D eigenvalue weighted by atomic mass is 32.1. The molecular formula is C15H17NO4S. The Balaban J connectivity index is 1.97. The molecule has 0 radical (unpaired) electrons. The second kappa shape index (κ2) is 5.26. The van der Waals surface area contributed by atoms with E-state index in [-0.39, 0.29) is 28.8 Å². The average molecular weight is 307 g/mol. The van der Waals surface area contributed by atoms with Gasteiger partial charge in [0, 0.05) is 6.42 Å². The van der Waals surface area contributed by atoms with Gasteiger partial charge in [0.05, 0.1) is 11.0 Å². The largest absolute Gasteiger partial charge is 0.478 e. The van der Waals surface area contributed by atoms with Gasteiger partial charge in [0.1, 0.15) is 5.00 Å². The number of nitrogens with zero attached hydrogens (tertiary/aromatic N) is 1. The molecule has 2 aliphatic rings. The van der Waals surface area contributed by atoms with Gasteiger partial charge in [-0.3, -0.25) is 9.59 Å². The molecular weight excluding hydrogens is 290 g/mol. The van der Waals surface area contributed by atoms with E-state index in [0.29, 0.717) is 0 Å². The van der Waals surface area contributed by atoms with Crippen LogP contribution in [0.15, 0.2) is 11.4 Å². The first-order chi connectivity index (χ1) is 10.1. The van der Waals surface area contributed by atoms with Crippen molar-refractivity contribution in [1.29, 1.82) is 0 Å². The van der Waals surface area contributed by atoms with Crippen LogP contribution in [0, 0.1) is 5.41 Å². The number of aromatic carboxylic acids is 1. The van der Waals surface area contributed by atoms with Crippen LogP contribution in [0.2, 0.25) is 0 Å². The molecule has 0 unspecified atom stereocenters. The minimum absolute atomic E-state index is 0.0346. The van der Waals surface area contributed by atoms with Gasteiger partial charge in [0.15, 0.2) is 0 Å². The Kier molecular flexibility index (Phi) is 3.57. The summed E-state index contributed by atoms with van der Waals surface area (Å²) in [4.78, 5) is 37.6. The molecule has 3 rings (SSSR count). The molecule has 1 saturated carbocycles. The zero-order chi connectivity index (χ0) is 15.0. The van der Waals surface area contributed by atoms with Crippen LogP contribution in [0.4, 0.5) is 5.00 Å². The predicted molar refractivity (Wildman–Crippen MR) is 78.5 cm³/mol. The van der Waals surface area contributed by atoms with E-state index in [2.05, 4.69) is 0 Å². The molecule has 112 valence electrons. The van der Waals surface area contributed by atoms with Crippen molar-refractivity contribution < 1.29 is 19.5 Å². The number of carbonyl (C=O) groups excluding carboxylic acids is 2. The molecule has 1 aromatic rings. The molecule has 1 N–H and O–H groups in total. The molecule has 21 heavy (non-hydrogen) atoms. The Bertz CT molecular complexity index is 599. The molecule has 6 heteroatoms. The van der Waals surface area contributed by atoms with E-state index in [4.69, 9.17) is 0 Å². The molecule has 1 aromatic heterocycles. The molecule has 1 saturated heterocycles. The zero-order valence-corrected chi connectivity index (χ0v) is 12.4. The Morgan fingerprint density at radius 1 is 1.19 bits per heavy atom. The van der Waals surface area contributed by atoms with Crippen LogP contribution >= 0.6 is 11.3 Å².